The number of carbonyl (C=O) groups is 1. The number of hydrogen-bond donors (Lipinski definition) is 1. The standard InChI is InChI=1S/C15H14Cl2N2O2/c16-12-4-3-10(14(17)7-12)6-11(8-18)15(20)19-9-13-2-1-5-21-13/h3-4,6-7,13H,1-2,5,9H2,(H,19,20)/b11-6+/t13-/m0/s1. The van der Waals surface area contributed by atoms with Crippen molar-refractivity contribution >= 4 is 35.2 Å². The average molecular weight is 325 g/mol. The molecule has 1 fully saturated rings. The number of nitriles is 1. The van der Waals surface area contributed by atoms with E-state index in [4.69, 9.17) is 33.2 Å². The van der Waals surface area contributed by atoms with Crippen LogP contribution in [0.2, 0.25) is 10.0 Å². The third-order valence-electron chi connectivity index (χ3n) is 3.14. The lowest BCUT2D eigenvalue weighted by Crippen LogP contribution is -2.32. The number of hydrogen-bond acceptors (Lipinski definition) is 3. The number of benzene rings is 1. The van der Waals surface area contributed by atoms with Crippen LogP contribution in [0.3, 0.4) is 0 Å². The zero-order chi connectivity index (χ0) is 15.2. The van der Waals surface area contributed by atoms with Crippen LogP contribution in [-0.2, 0) is 9.53 Å². The van der Waals surface area contributed by atoms with Crippen LogP contribution in [0.4, 0.5) is 0 Å². The largest absolute Gasteiger partial charge is 0.376 e. The van der Waals surface area contributed by atoms with E-state index in [2.05, 4.69) is 5.32 Å². The van der Waals surface area contributed by atoms with E-state index in [0.29, 0.717) is 22.2 Å². The van der Waals surface area contributed by atoms with Crippen LogP contribution in [0.1, 0.15) is 18.4 Å². The second-order valence-electron chi connectivity index (χ2n) is 4.68. The predicted octanol–water partition coefficient (Wildman–Crippen LogP) is 3.20. The fourth-order valence-corrected chi connectivity index (χ4v) is 2.49. The van der Waals surface area contributed by atoms with Crippen LogP contribution in [0, 0.1) is 11.3 Å². The van der Waals surface area contributed by atoms with E-state index in [-0.39, 0.29) is 11.7 Å². The Hall–Kier alpha value is -1.54. The van der Waals surface area contributed by atoms with Crippen LogP contribution < -0.4 is 5.32 Å². The fourth-order valence-electron chi connectivity index (χ4n) is 2.03. The Labute approximate surface area is 133 Å². The first-order valence-corrected chi connectivity index (χ1v) is 7.32. The highest BCUT2D eigenvalue weighted by atomic mass is 35.5. The topological polar surface area (TPSA) is 62.1 Å². The van der Waals surface area contributed by atoms with Crippen LogP contribution in [0.5, 0.6) is 0 Å². The van der Waals surface area contributed by atoms with Gasteiger partial charge in [0.05, 0.1) is 6.10 Å². The Kier molecular flexibility index (Phi) is 5.63. The minimum Gasteiger partial charge on any atom is -0.376 e. The SMILES string of the molecule is N#C/C(=C\c1ccc(Cl)cc1Cl)C(=O)NC[C@@H]1CCCO1. The first kappa shape index (κ1) is 15.8. The molecule has 0 spiro atoms. The van der Waals surface area contributed by atoms with Gasteiger partial charge in [-0.2, -0.15) is 5.26 Å². The molecule has 1 N–H and O–H groups in total. The van der Waals surface area contributed by atoms with Gasteiger partial charge in [0.2, 0.25) is 0 Å². The van der Waals surface area contributed by atoms with Gasteiger partial charge in [0.1, 0.15) is 11.6 Å². The van der Waals surface area contributed by atoms with Gasteiger partial charge in [-0.25, -0.2) is 0 Å². The third-order valence-corrected chi connectivity index (χ3v) is 3.70. The average Bonchev–Trinajstić information content (AvgIpc) is 2.97. The van der Waals surface area contributed by atoms with E-state index >= 15 is 0 Å². The molecule has 1 aliphatic heterocycles. The summed E-state index contributed by atoms with van der Waals surface area (Å²) in [5, 5.41) is 12.7. The predicted molar refractivity (Wildman–Crippen MR) is 82.0 cm³/mol. The first-order chi connectivity index (χ1) is 10.1. The molecule has 0 aliphatic carbocycles. The van der Waals surface area contributed by atoms with E-state index in [0.717, 1.165) is 19.4 Å². The summed E-state index contributed by atoms with van der Waals surface area (Å²) >= 11 is 11.8. The molecule has 1 saturated heterocycles. The summed E-state index contributed by atoms with van der Waals surface area (Å²) in [5.74, 6) is -0.431. The molecule has 110 valence electrons. The van der Waals surface area contributed by atoms with Crippen molar-refractivity contribution in [2.24, 2.45) is 0 Å². The van der Waals surface area contributed by atoms with Crippen molar-refractivity contribution in [1.29, 1.82) is 5.26 Å². The van der Waals surface area contributed by atoms with Crippen molar-refractivity contribution in [3.05, 3.63) is 39.4 Å². The molecule has 1 aromatic rings. The molecular formula is C15H14Cl2N2O2. The summed E-state index contributed by atoms with van der Waals surface area (Å²) in [7, 11) is 0. The van der Waals surface area contributed by atoms with Gasteiger partial charge in [-0.15, -0.1) is 0 Å². The molecule has 0 bridgehead atoms. The Morgan fingerprint density at radius 2 is 2.33 bits per heavy atom. The number of carbonyl (C=O) groups excluding carboxylic acids is 1. The van der Waals surface area contributed by atoms with Crippen LogP contribution in [0.15, 0.2) is 23.8 Å². The summed E-state index contributed by atoms with van der Waals surface area (Å²) in [5.41, 5.74) is 0.571. The Balaban J connectivity index is 2.05. The number of nitrogens with zero attached hydrogens (tertiary/aromatic N) is 1. The van der Waals surface area contributed by atoms with Gasteiger partial charge in [-0.1, -0.05) is 29.3 Å². The van der Waals surface area contributed by atoms with E-state index in [1.165, 1.54) is 6.08 Å². The lowest BCUT2D eigenvalue weighted by atomic mass is 10.1. The van der Waals surface area contributed by atoms with Crippen LogP contribution in [0.25, 0.3) is 6.08 Å². The van der Waals surface area contributed by atoms with Gasteiger partial charge in [-0.3, -0.25) is 4.79 Å². The monoisotopic (exact) mass is 324 g/mol. The van der Waals surface area contributed by atoms with Gasteiger partial charge < -0.3 is 10.1 Å². The molecular weight excluding hydrogens is 311 g/mol. The highest BCUT2D eigenvalue weighted by molar-refractivity contribution is 6.35. The van der Waals surface area contributed by atoms with Crippen molar-refractivity contribution in [3.8, 4) is 6.07 Å². The van der Waals surface area contributed by atoms with E-state index in [9.17, 15) is 4.79 Å². The molecule has 4 nitrogen and oxygen atoms in total. The lowest BCUT2D eigenvalue weighted by Gasteiger charge is -2.10. The summed E-state index contributed by atoms with van der Waals surface area (Å²) in [4.78, 5) is 12.0. The molecule has 1 atom stereocenters. The fraction of sp³-hybridized carbons (Fsp3) is 0.333. The van der Waals surface area contributed by atoms with Crippen molar-refractivity contribution in [1.82, 2.24) is 5.32 Å². The maximum Gasteiger partial charge on any atom is 0.262 e. The van der Waals surface area contributed by atoms with Gasteiger partial charge in [0, 0.05) is 23.2 Å². The summed E-state index contributed by atoms with van der Waals surface area (Å²) in [6.07, 6.45) is 3.41. The highest BCUT2D eigenvalue weighted by Crippen LogP contribution is 2.23. The molecule has 6 heteroatoms. The second kappa shape index (κ2) is 7.46. The Bertz CT molecular complexity index is 602. The molecule has 1 heterocycles. The number of ether oxygens (including phenoxy) is 1. The minimum atomic E-state index is -0.431. The zero-order valence-electron chi connectivity index (χ0n) is 11.2. The van der Waals surface area contributed by atoms with Gasteiger partial charge in [0.15, 0.2) is 0 Å². The molecule has 1 aliphatic rings. The minimum absolute atomic E-state index is 0.00257. The molecule has 0 unspecified atom stereocenters. The summed E-state index contributed by atoms with van der Waals surface area (Å²) in [6, 6.07) is 6.76. The highest BCUT2D eigenvalue weighted by Gasteiger charge is 2.17. The molecule has 0 radical (unpaired) electrons. The molecule has 1 aromatic carbocycles. The van der Waals surface area contributed by atoms with E-state index < -0.39 is 5.91 Å². The summed E-state index contributed by atoms with van der Waals surface area (Å²) in [6.45, 7) is 1.13. The van der Waals surface area contributed by atoms with E-state index in [1.54, 1.807) is 18.2 Å². The number of nitrogens with one attached hydrogen (secondary N) is 1. The summed E-state index contributed by atoms with van der Waals surface area (Å²) < 4.78 is 5.41. The Morgan fingerprint density at radius 3 is 2.95 bits per heavy atom. The Morgan fingerprint density at radius 1 is 1.52 bits per heavy atom. The molecule has 0 saturated carbocycles. The van der Waals surface area contributed by atoms with E-state index in [1.807, 2.05) is 6.07 Å². The van der Waals surface area contributed by atoms with Gasteiger partial charge >= 0.3 is 0 Å². The van der Waals surface area contributed by atoms with Crippen molar-refractivity contribution in [2.75, 3.05) is 13.2 Å². The molecule has 2 rings (SSSR count). The third kappa shape index (κ3) is 4.47. The van der Waals surface area contributed by atoms with Crippen LogP contribution in [-0.4, -0.2) is 25.2 Å². The van der Waals surface area contributed by atoms with Crippen molar-refractivity contribution in [3.63, 3.8) is 0 Å². The first-order valence-electron chi connectivity index (χ1n) is 6.57. The normalized spacial score (nSPS) is 18.3. The van der Waals surface area contributed by atoms with Gasteiger partial charge in [0.25, 0.3) is 5.91 Å². The second-order valence-corrected chi connectivity index (χ2v) is 5.52. The molecule has 1 amide bonds. The maximum absolute atomic E-state index is 12.0. The van der Waals surface area contributed by atoms with Crippen LogP contribution >= 0.6 is 23.2 Å². The van der Waals surface area contributed by atoms with Crippen molar-refractivity contribution in [2.45, 2.75) is 18.9 Å². The van der Waals surface area contributed by atoms with Gasteiger partial charge in [-0.05, 0) is 36.6 Å². The lowest BCUT2D eigenvalue weighted by molar-refractivity contribution is -0.117. The zero-order valence-corrected chi connectivity index (χ0v) is 12.7. The smallest absolute Gasteiger partial charge is 0.262 e. The molecule has 21 heavy (non-hydrogen) atoms. The quantitative estimate of drug-likeness (QED) is 0.683. The van der Waals surface area contributed by atoms with Crippen molar-refractivity contribution < 1.29 is 9.53 Å². The maximum atomic E-state index is 12.0. The number of halogens is 2. The molecule has 0 aromatic heterocycles. The number of amides is 1. The number of rotatable bonds is 4.